The summed E-state index contributed by atoms with van der Waals surface area (Å²) in [4.78, 5) is 1.98. The third-order valence-corrected chi connectivity index (χ3v) is 5.65. The van der Waals surface area contributed by atoms with Gasteiger partial charge in [0.05, 0.1) is 16.9 Å². The molecule has 0 aromatic heterocycles. The van der Waals surface area contributed by atoms with E-state index in [1.807, 2.05) is 11.9 Å². The van der Waals surface area contributed by atoms with Crippen LogP contribution >= 0.6 is 11.6 Å². The molecule has 2 rings (SSSR count). The molecule has 1 aromatic carbocycles. The SMILES string of the molecule is CN(CC(Cl)c1ccc(F)cc1)C1CCS(=O)(=O)C1. The van der Waals surface area contributed by atoms with Crippen molar-refractivity contribution in [3.8, 4) is 0 Å². The summed E-state index contributed by atoms with van der Waals surface area (Å²) in [7, 11) is -1.00. The Morgan fingerprint density at radius 2 is 2.05 bits per heavy atom. The fourth-order valence-corrected chi connectivity index (χ4v) is 4.47. The van der Waals surface area contributed by atoms with Crippen molar-refractivity contribution in [1.29, 1.82) is 0 Å². The number of likely N-dealkylation sites (N-methyl/N-ethyl adjacent to an activating group) is 1. The lowest BCUT2D eigenvalue weighted by Crippen LogP contribution is -2.34. The highest BCUT2D eigenvalue weighted by Gasteiger charge is 2.31. The van der Waals surface area contributed by atoms with Crippen molar-refractivity contribution in [2.45, 2.75) is 17.8 Å². The van der Waals surface area contributed by atoms with Gasteiger partial charge in [-0.3, -0.25) is 0 Å². The zero-order valence-corrected chi connectivity index (χ0v) is 12.3. The smallest absolute Gasteiger partial charge is 0.151 e. The Morgan fingerprint density at radius 1 is 1.42 bits per heavy atom. The molecule has 1 heterocycles. The molecular weight excluding hydrogens is 289 g/mol. The molecule has 1 aliphatic rings. The molecule has 0 bridgehead atoms. The molecule has 2 unspecified atom stereocenters. The number of halogens is 2. The van der Waals surface area contributed by atoms with E-state index in [0.29, 0.717) is 13.0 Å². The van der Waals surface area contributed by atoms with Crippen LogP contribution in [0.3, 0.4) is 0 Å². The van der Waals surface area contributed by atoms with Crippen molar-refractivity contribution in [3.63, 3.8) is 0 Å². The standard InChI is InChI=1S/C13H17ClFNO2S/c1-16(12-6-7-19(17,18)9-12)8-13(14)10-2-4-11(15)5-3-10/h2-5,12-13H,6-9H2,1H3. The first-order chi connectivity index (χ1) is 8.87. The fourth-order valence-electron chi connectivity index (χ4n) is 2.30. The van der Waals surface area contributed by atoms with Gasteiger partial charge in [0.1, 0.15) is 5.82 Å². The highest BCUT2D eigenvalue weighted by molar-refractivity contribution is 7.91. The zero-order chi connectivity index (χ0) is 14.0. The summed E-state index contributed by atoms with van der Waals surface area (Å²) in [6.45, 7) is 0.549. The number of sulfone groups is 1. The summed E-state index contributed by atoms with van der Waals surface area (Å²) in [5.41, 5.74) is 0.843. The van der Waals surface area contributed by atoms with Crippen LogP contribution in [0.4, 0.5) is 4.39 Å². The number of nitrogens with zero attached hydrogens (tertiary/aromatic N) is 1. The Labute approximate surface area is 118 Å². The van der Waals surface area contributed by atoms with Gasteiger partial charge in [-0.2, -0.15) is 0 Å². The average molecular weight is 306 g/mol. The van der Waals surface area contributed by atoms with Crippen molar-refractivity contribution < 1.29 is 12.8 Å². The highest BCUT2D eigenvalue weighted by atomic mass is 35.5. The van der Waals surface area contributed by atoms with Crippen LogP contribution in [0.5, 0.6) is 0 Å². The van der Waals surface area contributed by atoms with Gasteiger partial charge in [0.15, 0.2) is 9.84 Å². The van der Waals surface area contributed by atoms with Crippen LogP contribution in [-0.2, 0) is 9.84 Å². The van der Waals surface area contributed by atoms with Crippen molar-refractivity contribution in [2.75, 3.05) is 25.1 Å². The lowest BCUT2D eigenvalue weighted by molar-refractivity contribution is 0.262. The third kappa shape index (κ3) is 3.91. The second kappa shape index (κ2) is 5.77. The third-order valence-electron chi connectivity index (χ3n) is 3.51. The Bertz CT molecular complexity index is 532. The van der Waals surface area contributed by atoms with E-state index in [2.05, 4.69) is 0 Å². The number of hydrogen-bond donors (Lipinski definition) is 0. The Morgan fingerprint density at radius 3 is 2.58 bits per heavy atom. The van der Waals surface area contributed by atoms with Crippen LogP contribution in [0.25, 0.3) is 0 Å². The van der Waals surface area contributed by atoms with Gasteiger partial charge in [0.2, 0.25) is 0 Å². The molecule has 1 aromatic rings. The second-order valence-corrected chi connectivity index (χ2v) is 7.77. The van der Waals surface area contributed by atoms with Gasteiger partial charge in [0, 0.05) is 12.6 Å². The summed E-state index contributed by atoms with van der Waals surface area (Å²) in [5.74, 6) is 0.171. The van der Waals surface area contributed by atoms with Crippen molar-refractivity contribution in [1.82, 2.24) is 4.90 Å². The number of alkyl halides is 1. The van der Waals surface area contributed by atoms with E-state index in [4.69, 9.17) is 11.6 Å². The van der Waals surface area contributed by atoms with Gasteiger partial charge in [-0.05, 0) is 31.2 Å². The molecule has 1 aliphatic heterocycles. The lowest BCUT2D eigenvalue weighted by atomic mass is 10.1. The monoisotopic (exact) mass is 305 g/mol. The largest absolute Gasteiger partial charge is 0.301 e. The molecule has 0 radical (unpaired) electrons. The summed E-state index contributed by atoms with van der Waals surface area (Å²) >= 11 is 6.29. The van der Waals surface area contributed by atoms with Crippen molar-refractivity contribution in [3.05, 3.63) is 35.6 Å². The molecule has 3 nitrogen and oxygen atoms in total. The molecule has 1 fully saturated rings. The van der Waals surface area contributed by atoms with E-state index in [0.717, 1.165) is 5.56 Å². The maximum atomic E-state index is 12.8. The van der Waals surface area contributed by atoms with Crippen LogP contribution in [0.1, 0.15) is 17.4 Å². The molecule has 1 saturated heterocycles. The normalized spacial score (nSPS) is 23.7. The molecule has 0 aliphatic carbocycles. The minimum absolute atomic E-state index is 0.0340. The van der Waals surface area contributed by atoms with Crippen LogP contribution in [0.2, 0.25) is 0 Å². The predicted molar refractivity (Wildman–Crippen MR) is 74.7 cm³/mol. The van der Waals surface area contributed by atoms with E-state index < -0.39 is 9.84 Å². The molecule has 106 valence electrons. The molecule has 0 amide bonds. The first kappa shape index (κ1) is 14.8. The Kier molecular flexibility index (Phi) is 4.48. The molecular formula is C13H17ClFNO2S. The summed E-state index contributed by atoms with van der Waals surface area (Å²) in [6.07, 6.45) is 0.659. The zero-order valence-electron chi connectivity index (χ0n) is 10.7. The van der Waals surface area contributed by atoms with Gasteiger partial charge in [-0.25, -0.2) is 12.8 Å². The van der Waals surface area contributed by atoms with Crippen LogP contribution in [-0.4, -0.2) is 44.5 Å². The molecule has 2 atom stereocenters. The number of rotatable bonds is 4. The molecule has 6 heteroatoms. The maximum Gasteiger partial charge on any atom is 0.151 e. The minimum atomic E-state index is -2.88. The predicted octanol–water partition coefficient (Wildman–Crippen LogP) is 2.22. The van der Waals surface area contributed by atoms with Gasteiger partial charge in [-0.15, -0.1) is 11.6 Å². The van der Waals surface area contributed by atoms with Crippen LogP contribution in [0, 0.1) is 5.82 Å². The van der Waals surface area contributed by atoms with Gasteiger partial charge >= 0.3 is 0 Å². The minimum Gasteiger partial charge on any atom is -0.301 e. The highest BCUT2D eigenvalue weighted by Crippen LogP contribution is 2.24. The fraction of sp³-hybridized carbons (Fsp3) is 0.538. The Hall–Kier alpha value is -0.650. The maximum absolute atomic E-state index is 12.8. The number of benzene rings is 1. The van der Waals surface area contributed by atoms with Crippen LogP contribution in [0.15, 0.2) is 24.3 Å². The number of hydrogen-bond acceptors (Lipinski definition) is 3. The Balaban J connectivity index is 1.95. The second-order valence-electron chi connectivity index (χ2n) is 5.02. The van der Waals surface area contributed by atoms with Gasteiger partial charge in [0.25, 0.3) is 0 Å². The van der Waals surface area contributed by atoms with E-state index in [-0.39, 0.29) is 28.7 Å². The average Bonchev–Trinajstić information content (AvgIpc) is 2.70. The topological polar surface area (TPSA) is 37.4 Å². The first-order valence-electron chi connectivity index (χ1n) is 6.17. The summed E-state index contributed by atoms with van der Waals surface area (Å²) in [5, 5.41) is -0.270. The van der Waals surface area contributed by atoms with Crippen molar-refractivity contribution >= 4 is 21.4 Å². The van der Waals surface area contributed by atoms with E-state index in [1.54, 1.807) is 12.1 Å². The van der Waals surface area contributed by atoms with E-state index in [9.17, 15) is 12.8 Å². The van der Waals surface area contributed by atoms with Crippen LogP contribution < -0.4 is 0 Å². The van der Waals surface area contributed by atoms with E-state index >= 15 is 0 Å². The van der Waals surface area contributed by atoms with Gasteiger partial charge in [-0.1, -0.05) is 12.1 Å². The quantitative estimate of drug-likeness (QED) is 0.801. The van der Waals surface area contributed by atoms with E-state index in [1.165, 1.54) is 12.1 Å². The molecule has 0 saturated carbocycles. The summed E-state index contributed by atoms with van der Waals surface area (Å²) in [6, 6.07) is 6.11. The van der Waals surface area contributed by atoms with Crippen molar-refractivity contribution in [2.24, 2.45) is 0 Å². The molecule has 19 heavy (non-hydrogen) atoms. The molecule has 0 spiro atoms. The molecule has 0 N–H and O–H groups in total. The summed E-state index contributed by atoms with van der Waals surface area (Å²) < 4.78 is 35.7. The lowest BCUT2D eigenvalue weighted by Gasteiger charge is -2.25. The first-order valence-corrected chi connectivity index (χ1v) is 8.43. The van der Waals surface area contributed by atoms with Gasteiger partial charge < -0.3 is 4.90 Å².